The van der Waals surface area contributed by atoms with Crippen molar-refractivity contribution in [1.82, 2.24) is 0 Å². The summed E-state index contributed by atoms with van der Waals surface area (Å²) in [5.74, 6) is 0. The van der Waals surface area contributed by atoms with E-state index in [-0.39, 0.29) is 0 Å². The Hall–Kier alpha value is -2.55. The monoisotopic (exact) mass is 458 g/mol. The van der Waals surface area contributed by atoms with Gasteiger partial charge in [-0.2, -0.15) is 0 Å². The van der Waals surface area contributed by atoms with Crippen LogP contribution < -0.4 is 10.4 Å². The number of benzene rings is 4. The second kappa shape index (κ2) is 12.3. The van der Waals surface area contributed by atoms with Crippen LogP contribution in [0.1, 0.15) is 6.92 Å². The van der Waals surface area contributed by atoms with Crippen LogP contribution in [0.3, 0.4) is 0 Å². The lowest BCUT2D eigenvalue weighted by Gasteiger charge is -2.31. The van der Waals surface area contributed by atoms with Gasteiger partial charge in [-0.1, -0.05) is 128 Å². The lowest BCUT2D eigenvalue weighted by atomic mass is 10.1. The topological polar surface area (TPSA) is 18.5 Å². The zero-order chi connectivity index (χ0) is 21.8. The first-order chi connectivity index (χ1) is 15.3. The maximum absolute atomic E-state index is 6.39. The number of rotatable bonds is 7. The fraction of sp³-hybridized carbons (Fsp3) is 0.0769. The molecule has 0 saturated carbocycles. The van der Waals surface area contributed by atoms with Crippen LogP contribution >= 0.6 is 0 Å². The van der Waals surface area contributed by atoms with Crippen molar-refractivity contribution >= 4 is 39.2 Å². The van der Waals surface area contributed by atoms with E-state index in [9.17, 15) is 0 Å². The third-order valence-corrected chi connectivity index (χ3v) is 12.2. The van der Waals surface area contributed by atoms with Crippen molar-refractivity contribution in [2.24, 2.45) is 0 Å². The molecule has 0 heterocycles. The molecular formula is C26H30O2Si3. The Morgan fingerprint density at radius 2 is 0.968 bits per heavy atom. The molecular weight excluding hydrogens is 429 g/mol. The lowest BCUT2D eigenvalue weighted by molar-refractivity contribution is 0.485. The molecule has 0 N–H and O–H groups in total. The Balaban J connectivity index is 0.000000194. The van der Waals surface area contributed by atoms with Gasteiger partial charge >= 0.3 is 0 Å². The minimum atomic E-state index is -2.08. The van der Waals surface area contributed by atoms with Gasteiger partial charge < -0.3 is 8.23 Å². The van der Waals surface area contributed by atoms with Crippen molar-refractivity contribution < 1.29 is 8.23 Å². The highest BCUT2D eigenvalue weighted by atomic mass is 28.4. The molecule has 0 spiro atoms. The second-order valence-corrected chi connectivity index (χ2v) is 14.4. The van der Waals surface area contributed by atoms with Gasteiger partial charge in [0.15, 0.2) is 0 Å². The predicted molar refractivity (Wildman–Crippen MR) is 141 cm³/mol. The molecule has 0 radical (unpaired) electrons. The Morgan fingerprint density at radius 1 is 0.613 bits per heavy atom. The lowest BCUT2D eigenvalue weighted by Crippen LogP contribution is -2.61. The first kappa shape index (κ1) is 23.1. The van der Waals surface area contributed by atoms with E-state index in [1.807, 2.05) is 12.1 Å². The van der Waals surface area contributed by atoms with Crippen LogP contribution in [0.25, 0.3) is 11.1 Å². The quantitative estimate of drug-likeness (QED) is 0.395. The van der Waals surface area contributed by atoms with Crippen LogP contribution in [0.2, 0.25) is 6.04 Å². The summed E-state index contributed by atoms with van der Waals surface area (Å²) in [6, 6.07) is 43.1. The highest BCUT2D eigenvalue weighted by Gasteiger charge is 2.37. The minimum Gasteiger partial charge on any atom is -0.449 e. The molecule has 5 heteroatoms. The van der Waals surface area contributed by atoms with Gasteiger partial charge in [0.25, 0.3) is 10.0 Å². The molecule has 0 aliphatic heterocycles. The predicted octanol–water partition coefficient (Wildman–Crippen LogP) is 3.43. The van der Waals surface area contributed by atoms with Gasteiger partial charge in [-0.15, -0.1) is 0 Å². The van der Waals surface area contributed by atoms with E-state index in [1.165, 1.54) is 21.5 Å². The van der Waals surface area contributed by atoms with Gasteiger partial charge in [-0.05, 0) is 27.5 Å². The molecule has 0 aromatic heterocycles. The summed E-state index contributed by atoms with van der Waals surface area (Å²) in [4.78, 5) is 0. The zero-order valence-corrected chi connectivity index (χ0v) is 22.7. The highest BCUT2D eigenvalue weighted by molar-refractivity contribution is 6.99. The Bertz CT molecular complexity index is 921. The standard InChI is InChI=1S/C14H20O2Si3.C12H10/c1-2-19(16-18-15-17,13-9-5-3-6-10-13)14-11-7-4-8-12-14;1-3-7-11(8-4-1)12-9-5-2-6-10-12/h3-12H,2,18H2,1,17H3;1-10H. The molecule has 0 aliphatic rings. The minimum absolute atomic E-state index is 0.769. The second-order valence-electron chi connectivity index (χ2n) is 7.20. The van der Waals surface area contributed by atoms with Gasteiger partial charge in [0.1, 0.15) is 10.5 Å². The number of hydrogen-bond donors (Lipinski definition) is 0. The summed E-state index contributed by atoms with van der Waals surface area (Å²) >= 11 is 0. The normalized spacial score (nSPS) is 11.3. The van der Waals surface area contributed by atoms with Crippen LogP contribution in [0, 0.1) is 0 Å². The molecule has 158 valence electrons. The third kappa shape index (κ3) is 6.22. The van der Waals surface area contributed by atoms with E-state index < -0.39 is 18.3 Å². The smallest absolute Gasteiger partial charge is 0.283 e. The first-order valence-corrected chi connectivity index (χ1v) is 14.7. The van der Waals surface area contributed by atoms with Crippen molar-refractivity contribution in [3.8, 4) is 11.1 Å². The molecule has 2 nitrogen and oxygen atoms in total. The van der Waals surface area contributed by atoms with Gasteiger partial charge in [-0.3, -0.25) is 0 Å². The summed E-state index contributed by atoms with van der Waals surface area (Å²) in [7, 11) is -2.17. The summed E-state index contributed by atoms with van der Waals surface area (Å²) in [6.45, 7) is 2.23. The first-order valence-electron chi connectivity index (χ1n) is 10.6. The fourth-order valence-electron chi connectivity index (χ4n) is 3.68. The summed E-state index contributed by atoms with van der Waals surface area (Å²) < 4.78 is 11.8. The van der Waals surface area contributed by atoms with Gasteiger partial charge in [0.2, 0.25) is 8.32 Å². The molecule has 4 aromatic carbocycles. The average Bonchev–Trinajstić information content (AvgIpc) is 2.88. The van der Waals surface area contributed by atoms with E-state index in [2.05, 4.69) is 116 Å². The Morgan fingerprint density at radius 3 is 1.29 bits per heavy atom. The van der Waals surface area contributed by atoms with E-state index >= 15 is 0 Å². The van der Waals surface area contributed by atoms with Gasteiger partial charge in [-0.25, -0.2) is 0 Å². The summed E-state index contributed by atoms with van der Waals surface area (Å²) in [5.41, 5.74) is 2.55. The summed E-state index contributed by atoms with van der Waals surface area (Å²) in [6.07, 6.45) is 0. The van der Waals surface area contributed by atoms with Crippen LogP contribution in [-0.4, -0.2) is 28.8 Å². The highest BCUT2D eigenvalue weighted by Crippen LogP contribution is 2.17. The zero-order valence-electron chi connectivity index (χ0n) is 18.3. The molecule has 0 amide bonds. The van der Waals surface area contributed by atoms with E-state index in [0.717, 1.165) is 16.5 Å². The Kier molecular flexibility index (Phi) is 9.20. The molecule has 0 aliphatic carbocycles. The maximum atomic E-state index is 6.39. The van der Waals surface area contributed by atoms with Crippen LogP contribution in [0.5, 0.6) is 0 Å². The number of hydrogen-bond acceptors (Lipinski definition) is 2. The van der Waals surface area contributed by atoms with Gasteiger partial charge in [0.05, 0.1) is 0 Å². The van der Waals surface area contributed by atoms with Gasteiger partial charge in [0, 0.05) is 0 Å². The van der Waals surface area contributed by atoms with Crippen LogP contribution in [0.4, 0.5) is 0 Å². The van der Waals surface area contributed by atoms with E-state index in [0.29, 0.717) is 0 Å². The molecule has 0 saturated heterocycles. The molecule has 0 fully saturated rings. The SMILES string of the molecule is CC[Si](O[SiH2]O[SiH3])(c1ccccc1)c1ccccc1.c1ccc(-c2ccccc2)cc1. The van der Waals surface area contributed by atoms with Crippen molar-refractivity contribution in [1.29, 1.82) is 0 Å². The third-order valence-electron chi connectivity index (χ3n) is 5.28. The van der Waals surface area contributed by atoms with Crippen molar-refractivity contribution in [3.63, 3.8) is 0 Å². The van der Waals surface area contributed by atoms with E-state index in [1.54, 1.807) is 0 Å². The molecule has 4 aromatic rings. The molecule has 31 heavy (non-hydrogen) atoms. The molecule has 0 unspecified atom stereocenters. The maximum Gasteiger partial charge on any atom is 0.283 e. The van der Waals surface area contributed by atoms with Crippen LogP contribution in [-0.2, 0) is 8.23 Å². The largest absolute Gasteiger partial charge is 0.449 e. The molecule has 0 atom stereocenters. The Labute approximate surface area is 192 Å². The molecule has 4 rings (SSSR count). The average molecular weight is 459 g/mol. The van der Waals surface area contributed by atoms with Crippen molar-refractivity contribution in [2.45, 2.75) is 13.0 Å². The van der Waals surface area contributed by atoms with Crippen LogP contribution in [0.15, 0.2) is 121 Å². The molecule has 0 bridgehead atoms. The fourth-order valence-corrected chi connectivity index (χ4v) is 10.8. The van der Waals surface area contributed by atoms with Crippen molar-refractivity contribution in [2.75, 3.05) is 0 Å². The van der Waals surface area contributed by atoms with E-state index in [4.69, 9.17) is 8.23 Å². The van der Waals surface area contributed by atoms with Crippen molar-refractivity contribution in [3.05, 3.63) is 121 Å². The summed E-state index contributed by atoms with van der Waals surface area (Å²) in [5, 5.41) is 2.69.